The molecule has 5 nitrogen and oxygen atoms in total. The summed E-state index contributed by atoms with van der Waals surface area (Å²) in [5, 5.41) is 14.1. The Hall–Kier alpha value is -3.18. The molecular formula is C23H26N2O3. The van der Waals surface area contributed by atoms with E-state index in [9.17, 15) is 9.59 Å². The first-order valence-corrected chi connectivity index (χ1v) is 9.14. The van der Waals surface area contributed by atoms with Crippen molar-refractivity contribution in [3.63, 3.8) is 0 Å². The summed E-state index contributed by atoms with van der Waals surface area (Å²) < 4.78 is 0. The van der Waals surface area contributed by atoms with Crippen LogP contribution < -0.4 is 10.2 Å². The molecule has 28 heavy (non-hydrogen) atoms. The third-order valence-electron chi connectivity index (χ3n) is 4.33. The second kappa shape index (κ2) is 10.2. The quantitative estimate of drug-likeness (QED) is 0.702. The zero-order valence-corrected chi connectivity index (χ0v) is 16.4. The molecule has 1 unspecified atom stereocenters. The fourth-order valence-electron chi connectivity index (χ4n) is 2.98. The number of aliphatic carboxylic acids is 1. The zero-order valence-electron chi connectivity index (χ0n) is 16.4. The fourth-order valence-corrected chi connectivity index (χ4v) is 2.98. The lowest BCUT2D eigenvalue weighted by molar-refractivity contribution is -0.139. The van der Waals surface area contributed by atoms with E-state index in [4.69, 9.17) is 5.11 Å². The van der Waals surface area contributed by atoms with Crippen LogP contribution in [-0.4, -0.2) is 30.1 Å². The van der Waals surface area contributed by atoms with E-state index in [1.165, 1.54) is 24.3 Å². The molecule has 1 amide bonds. The van der Waals surface area contributed by atoms with Crippen LogP contribution in [0.5, 0.6) is 0 Å². The molecule has 0 saturated carbocycles. The van der Waals surface area contributed by atoms with Crippen LogP contribution in [0.15, 0.2) is 72.8 Å². The Morgan fingerprint density at radius 2 is 1.57 bits per heavy atom. The maximum absolute atomic E-state index is 11.8. The van der Waals surface area contributed by atoms with Crippen molar-refractivity contribution in [3.8, 4) is 0 Å². The summed E-state index contributed by atoms with van der Waals surface area (Å²) in [7, 11) is 1.95. The standard InChI is InChI=1S/C15H15NO3.C8H11N/c1-10(15(18)19)16(11(2)17)14-9-5-7-12-6-3-4-8-13(12)14;1-9-7-8-5-3-2-4-6-8/h3-10H,1-2H3,(H,18,19);2-6,9H,7H2,1H3. The van der Waals surface area contributed by atoms with Crippen molar-refractivity contribution < 1.29 is 14.7 Å². The fraction of sp³-hybridized carbons (Fsp3) is 0.217. The summed E-state index contributed by atoms with van der Waals surface area (Å²) in [5.74, 6) is -1.31. The largest absolute Gasteiger partial charge is 0.480 e. The van der Waals surface area contributed by atoms with Crippen molar-refractivity contribution in [2.24, 2.45) is 0 Å². The second-order valence-corrected chi connectivity index (χ2v) is 6.42. The highest BCUT2D eigenvalue weighted by Crippen LogP contribution is 2.28. The first-order chi connectivity index (χ1) is 13.5. The van der Waals surface area contributed by atoms with Gasteiger partial charge in [0.1, 0.15) is 6.04 Å². The number of anilines is 1. The first-order valence-electron chi connectivity index (χ1n) is 9.14. The average molecular weight is 378 g/mol. The van der Waals surface area contributed by atoms with Gasteiger partial charge in [0.15, 0.2) is 0 Å². The zero-order chi connectivity index (χ0) is 20.5. The molecule has 0 aliphatic carbocycles. The number of nitrogens with zero attached hydrogens (tertiary/aromatic N) is 1. The molecule has 0 aliphatic rings. The molecular weight excluding hydrogens is 352 g/mol. The highest BCUT2D eigenvalue weighted by atomic mass is 16.4. The van der Waals surface area contributed by atoms with E-state index < -0.39 is 12.0 Å². The van der Waals surface area contributed by atoms with Gasteiger partial charge in [0.05, 0.1) is 5.69 Å². The number of hydrogen-bond acceptors (Lipinski definition) is 3. The van der Waals surface area contributed by atoms with Crippen LogP contribution in [0.2, 0.25) is 0 Å². The number of carbonyl (C=O) groups is 2. The minimum Gasteiger partial charge on any atom is -0.480 e. The van der Waals surface area contributed by atoms with E-state index in [0.717, 1.165) is 17.3 Å². The predicted octanol–water partition coefficient (Wildman–Crippen LogP) is 4.07. The summed E-state index contributed by atoms with van der Waals surface area (Å²) in [6.07, 6.45) is 0. The van der Waals surface area contributed by atoms with Crippen LogP contribution in [0.1, 0.15) is 19.4 Å². The molecule has 5 heteroatoms. The molecule has 0 aliphatic heterocycles. The molecule has 0 aromatic heterocycles. The van der Waals surface area contributed by atoms with Crippen molar-refractivity contribution in [1.29, 1.82) is 0 Å². The smallest absolute Gasteiger partial charge is 0.326 e. The van der Waals surface area contributed by atoms with Crippen LogP contribution in [0, 0.1) is 0 Å². The SMILES string of the molecule is CC(=O)N(c1cccc2ccccc12)C(C)C(=O)O.CNCc1ccccc1. The van der Waals surface area contributed by atoms with Crippen molar-refractivity contribution >= 4 is 28.3 Å². The Labute approximate surface area is 165 Å². The molecule has 1 atom stereocenters. The van der Waals surface area contributed by atoms with Gasteiger partial charge in [-0.1, -0.05) is 66.7 Å². The molecule has 3 aromatic carbocycles. The van der Waals surface area contributed by atoms with Gasteiger partial charge in [0.2, 0.25) is 5.91 Å². The lowest BCUT2D eigenvalue weighted by atomic mass is 10.1. The summed E-state index contributed by atoms with van der Waals surface area (Å²) in [4.78, 5) is 24.3. The molecule has 146 valence electrons. The van der Waals surface area contributed by atoms with Gasteiger partial charge in [0.25, 0.3) is 0 Å². The number of carboxylic acid groups (broad SMARTS) is 1. The normalized spacial score (nSPS) is 11.2. The molecule has 0 saturated heterocycles. The first kappa shape index (κ1) is 21.1. The summed E-state index contributed by atoms with van der Waals surface area (Å²) in [5.41, 5.74) is 1.96. The number of carbonyl (C=O) groups excluding carboxylic acids is 1. The number of fused-ring (bicyclic) bond motifs is 1. The number of benzene rings is 3. The van der Waals surface area contributed by atoms with E-state index in [2.05, 4.69) is 17.4 Å². The highest BCUT2D eigenvalue weighted by molar-refractivity contribution is 6.05. The number of hydrogen-bond donors (Lipinski definition) is 2. The van der Waals surface area contributed by atoms with E-state index in [1.54, 1.807) is 6.07 Å². The minimum absolute atomic E-state index is 0.286. The number of rotatable bonds is 5. The van der Waals surface area contributed by atoms with Crippen LogP contribution in [0.3, 0.4) is 0 Å². The number of amides is 1. The van der Waals surface area contributed by atoms with Gasteiger partial charge >= 0.3 is 5.97 Å². The van der Waals surface area contributed by atoms with Gasteiger partial charge in [-0.2, -0.15) is 0 Å². The third-order valence-corrected chi connectivity index (χ3v) is 4.33. The Morgan fingerprint density at radius 1 is 0.964 bits per heavy atom. The summed E-state index contributed by atoms with van der Waals surface area (Å²) in [6.45, 7) is 3.84. The Balaban J connectivity index is 0.000000261. The number of carboxylic acids is 1. The average Bonchev–Trinajstić information content (AvgIpc) is 2.69. The van der Waals surface area contributed by atoms with Crippen LogP contribution in [0.4, 0.5) is 5.69 Å². The second-order valence-electron chi connectivity index (χ2n) is 6.42. The topological polar surface area (TPSA) is 69.6 Å². The Morgan fingerprint density at radius 3 is 2.18 bits per heavy atom. The number of nitrogens with one attached hydrogen (secondary N) is 1. The third kappa shape index (κ3) is 5.41. The Kier molecular flexibility index (Phi) is 7.72. The van der Waals surface area contributed by atoms with Gasteiger partial charge in [0, 0.05) is 18.9 Å². The summed E-state index contributed by atoms with van der Waals surface area (Å²) in [6, 6.07) is 22.6. The van der Waals surface area contributed by atoms with E-state index >= 15 is 0 Å². The molecule has 0 heterocycles. The molecule has 0 bridgehead atoms. The van der Waals surface area contributed by atoms with Gasteiger partial charge in [-0.15, -0.1) is 0 Å². The molecule has 0 fully saturated rings. The van der Waals surface area contributed by atoms with Crippen LogP contribution in [0.25, 0.3) is 10.8 Å². The maximum atomic E-state index is 11.8. The molecule has 2 N–H and O–H groups in total. The van der Waals surface area contributed by atoms with E-state index in [-0.39, 0.29) is 5.91 Å². The van der Waals surface area contributed by atoms with Crippen molar-refractivity contribution in [2.45, 2.75) is 26.4 Å². The van der Waals surface area contributed by atoms with E-state index in [0.29, 0.717) is 5.69 Å². The van der Waals surface area contributed by atoms with Gasteiger partial charge in [-0.25, -0.2) is 4.79 Å². The predicted molar refractivity (Wildman–Crippen MR) is 113 cm³/mol. The van der Waals surface area contributed by atoms with Crippen LogP contribution >= 0.6 is 0 Å². The van der Waals surface area contributed by atoms with Crippen LogP contribution in [-0.2, 0) is 16.1 Å². The van der Waals surface area contributed by atoms with Gasteiger partial charge in [-0.3, -0.25) is 9.69 Å². The van der Waals surface area contributed by atoms with Gasteiger partial charge < -0.3 is 10.4 Å². The molecule has 0 spiro atoms. The van der Waals surface area contributed by atoms with E-state index in [1.807, 2.05) is 61.6 Å². The Bertz CT molecular complexity index is 920. The maximum Gasteiger partial charge on any atom is 0.326 e. The lowest BCUT2D eigenvalue weighted by Crippen LogP contribution is -2.42. The highest BCUT2D eigenvalue weighted by Gasteiger charge is 2.25. The monoisotopic (exact) mass is 378 g/mol. The van der Waals surface area contributed by atoms with Crippen molar-refractivity contribution in [3.05, 3.63) is 78.4 Å². The van der Waals surface area contributed by atoms with Gasteiger partial charge in [-0.05, 0) is 31.0 Å². The van der Waals surface area contributed by atoms with Crippen molar-refractivity contribution in [2.75, 3.05) is 11.9 Å². The molecule has 3 rings (SSSR count). The lowest BCUT2D eigenvalue weighted by Gasteiger charge is -2.26. The molecule has 3 aromatic rings. The van der Waals surface area contributed by atoms with Crippen molar-refractivity contribution in [1.82, 2.24) is 5.32 Å². The minimum atomic E-state index is -1.02. The summed E-state index contributed by atoms with van der Waals surface area (Å²) >= 11 is 0. The molecule has 0 radical (unpaired) electrons.